The van der Waals surface area contributed by atoms with Gasteiger partial charge in [-0.1, -0.05) is 18.2 Å². The van der Waals surface area contributed by atoms with Gasteiger partial charge < -0.3 is 9.30 Å². The predicted molar refractivity (Wildman–Crippen MR) is 103 cm³/mol. The minimum Gasteiger partial charge on any atom is -0.328 e. The van der Waals surface area contributed by atoms with Crippen LogP contribution < -0.4 is 0 Å². The summed E-state index contributed by atoms with van der Waals surface area (Å²) in [7, 11) is 0. The number of rotatable bonds is 2. The number of hydrogen-bond acceptors (Lipinski definition) is 4. The third kappa shape index (κ3) is 2.41. The number of aryl methyl sites for hydroxylation is 1. The SMILES string of the molecule is Cc1cccc2nc(C(=O)N3CCCC3c3nc4ccccc4s3)cn12. The molecule has 26 heavy (non-hydrogen) atoms. The van der Waals surface area contributed by atoms with Crippen molar-refractivity contribution in [2.75, 3.05) is 6.54 Å². The van der Waals surface area contributed by atoms with Gasteiger partial charge in [-0.15, -0.1) is 11.3 Å². The Morgan fingerprint density at radius 2 is 2.04 bits per heavy atom. The van der Waals surface area contributed by atoms with E-state index in [9.17, 15) is 4.79 Å². The van der Waals surface area contributed by atoms with Crippen molar-refractivity contribution in [2.24, 2.45) is 0 Å². The first kappa shape index (κ1) is 15.5. The molecule has 130 valence electrons. The van der Waals surface area contributed by atoms with Crippen LogP contribution in [0.15, 0.2) is 48.7 Å². The molecule has 1 saturated heterocycles. The Balaban J connectivity index is 1.51. The molecule has 0 spiro atoms. The summed E-state index contributed by atoms with van der Waals surface area (Å²) in [4.78, 5) is 24.4. The third-order valence-corrected chi connectivity index (χ3v) is 6.16. The molecule has 3 aromatic heterocycles. The molecule has 0 N–H and O–H groups in total. The maximum Gasteiger partial charge on any atom is 0.274 e. The molecule has 1 fully saturated rings. The highest BCUT2D eigenvalue weighted by molar-refractivity contribution is 7.18. The summed E-state index contributed by atoms with van der Waals surface area (Å²) in [6.07, 6.45) is 3.80. The van der Waals surface area contributed by atoms with Crippen molar-refractivity contribution in [2.45, 2.75) is 25.8 Å². The number of benzene rings is 1. The largest absolute Gasteiger partial charge is 0.328 e. The number of amides is 1. The molecular weight excluding hydrogens is 344 g/mol. The fraction of sp³-hybridized carbons (Fsp3) is 0.250. The van der Waals surface area contributed by atoms with Crippen LogP contribution in [-0.4, -0.2) is 31.7 Å². The summed E-state index contributed by atoms with van der Waals surface area (Å²) < 4.78 is 3.14. The second kappa shape index (κ2) is 5.92. The summed E-state index contributed by atoms with van der Waals surface area (Å²) in [6.45, 7) is 2.77. The van der Waals surface area contributed by atoms with E-state index in [-0.39, 0.29) is 11.9 Å². The van der Waals surface area contributed by atoms with Crippen LogP contribution in [0.25, 0.3) is 15.9 Å². The van der Waals surface area contributed by atoms with Crippen LogP contribution in [0.1, 0.15) is 40.1 Å². The van der Waals surface area contributed by atoms with Crippen molar-refractivity contribution < 1.29 is 4.79 Å². The van der Waals surface area contributed by atoms with E-state index >= 15 is 0 Å². The second-order valence-electron chi connectivity index (χ2n) is 6.70. The number of hydrogen-bond donors (Lipinski definition) is 0. The number of carbonyl (C=O) groups is 1. The number of aromatic nitrogens is 3. The molecule has 1 atom stereocenters. The number of nitrogens with zero attached hydrogens (tertiary/aromatic N) is 4. The zero-order valence-corrected chi connectivity index (χ0v) is 15.2. The van der Waals surface area contributed by atoms with Gasteiger partial charge >= 0.3 is 0 Å². The Bertz CT molecular complexity index is 1100. The van der Waals surface area contributed by atoms with E-state index in [1.165, 1.54) is 4.70 Å². The van der Waals surface area contributed by atoms with Gasteiger partial charge in [-0.25, -0.2) is 9.97 Å². The van der Waals surface area contributed by atoms with E-state index in [2.05, 4.69) is 11.1 Å². The van der Waals surface area contributed by atoms with Crippen LogP contribution in [-0.2, 0) is 0 Å². The molecule has 1 aliphatic rings. The minimum atomic E-state index is -0.00476. The average molecular weight is 362 g/mol. The van der Waals surface area contributed by atoms with Gasteiger partial charge in [0.1, 0.15) is 16.3 Å². The quantitative estimate of drug-likeness (QED) is 0.536. The molecule has 0 aliphatic carbocycles. The van der Waals surface area contributed by atoms with Crippen LogP contribution in [0, 0.1) is 6.92 Å². The molecule has 1 amide bonds. The maximum atomic E-state index is 13.2. The molecule has 0 radical (unpaired) electrons. The van der Waals surface area contributed by atoms with Gasteiger partial charge in [0.25, 0.3) is 5.91 Å². The first-order valence-corrected chi connectivity index (χ1v) is 9.63. The molecule has 1 aliphatic heterocycles. The molecule has 1 unspecified atom stereocenters. The van der Waals surface area contributed by atoms with E-state index in [0.717, 1.165) is 41.3 Å². The number of fused-ring (bicyclic) bond motifs is 2. The summed E-state index contributed by atoms with van der Waals surface area (Å²) >= 11 is 1.69. The van der Waals surface area contributed by atoms with E-state index < -0.39 is 0 Å². The molecule has 6 heteroatoms. The Hall–Kier alpha value is -2.73. The van der Waals surface area contributed by atoms with E-state index in [0.29, 0.717) is 5.69 Å². The normalized spacial score (nSPS) is 17.4. The van der Waals surface area contributed by atoms with Crippen molar-refractivity contribution in [3.8, 4) is 0 Å². The van der Waals surface area contributed by atoms with Crippen LogP contribution in [0.3, 0.4) is 0 Å². The van der Waals surface area contributed by atoms with Crippen LogP contribution in [0.2, 0.25) is 0 Å². The number of pyridine rings is 1. The smallest absolute Gasteiger partial charge is 0.274 e. The van der Waals surface area contributed by atoms with Gasteiger partial charge in [-0.3, -0.25) is 4.79 Å². The van der Waals surface area contributed by atoms with Crippen molar-refractivity contribution >= 4 is 33.1 Å². The van der Waals surface area contributed by atoms with Crippen molar-refractivity contribution in [3.63, 3.8) is 0 Å². The van der Waals surface area contributed by atoms with Gasteiger partial charge in [0.05, 0.1) is 16.3 Å². The lowest BCUT2D eigenvalue weighted by Gasteiger charge is -2.22. The zero-order valence-electron chi connectivity index (χ0n) is 14.4. The third-order valence-electron chi connectivity index (χ3n) is 5.02. The molecule has 5 rings (SSSR count). The molecule has 1 aromatic carbocycles. The van der Waals surface area contributed by atoms with Gasteiger partial charge in [-0.05, 0) is 44.0 Å². The lowest BCUT2D eigenvalue weighted by molar-refractivity contribution is 0.0730. The number of imidazole rings is 1. The summed E-state index contributed by atoms with van der Waals surface area (Å²) in [5, 5.41) is 1.02. The number of thiazole rings is 1. The lowest BCUT2D eigenvalue weighted by Crippen LogP contribution is -2.30. The van der Waals surface area contributed by atoms with Gasteiger partial charge in [0.2, 0.25) is 0 Å². The van der Waals surface area contributed by atoms with Crippen LogP contribution >= 0.6 is 11.3 Å². The Morgan fingerprint density at radius 1 is 1.15 bits per heavy atom. The van der Waals surface area contributed by atoms with E-state index in [4.69, 9.17) is 4.98 Å². The number of likely N-dealkylation sites (tertiary alicyclic amines) is 1. The maximum absolute atomic E-state index is 13.2. The Morgan fingerprint density at radius 3 is 2.88 bits per heavy atom. The summed E-state index contributed by atoms with van der Waals surface area (Å²) in [5.41, 5.74) is 3.39. The zero-order chi connectivity index (χ0) is 17.7. The number of carbonyl (C=O) groups excluding carboxylic acids is 1. The van der Waals surface area contributed by atoms with Crippen molar-refractivity contribution in [3.05, 3.63) is 65.1 Å². The topological polar surface area (TPSA) is 50.5 Å². The number of para-hydroxylation sites is 1. The highest BCUT2D eigenvalue weighted by Crippen LogP contribution is 2.37. The first-order chi connectivity index (χ1) is 12.7. The molecule has 4 aromatic rings. The molecule has 4 heterocycles. The summed E-state index contributed by atoms with van der Waals surface area (Å²) in [6, 6.07) is 14.1. The summed E-state index contributed by atoms with van der Waals surface area (Å²) in [5.74, 6) is -0.00476. The standard InChI is InChI=1S/C20H18N4OS/c1-13-6-4-10-18-21-15(12-24(13)18)20(25)23-11-5-8-16(23)19-22-14-7-2-3-9-17(14)26-19/h2-4,6-7,9-10,12,16H,5,8,11H2,1H3. The fourth-order valence-electron chi connectivity index (χ4n) is 3.70. The van der Waals surface area contributed by atoms with E-state index in [1.54, 1.807) is 11.3 Å². The highest BCUT2D eigenvalue weighted by atomic mass is 32.1. The van der Waals surface area contributed by atoms with E-state index in [1.807, 2.05) is 58.8 Å². The van der Waals surface area contributed by atoms with Crippen molar-refractivity contribution in [1.82, 2.24) is 19.3 Å². The first-order valence-electron chi connectivity index (χ1n) is 8.82. The predicted octanol–water partition coefficient (Wildman–Crippen LogP) is 4.23. The second-order valence-corrected chi connectivity index (χ2v) is 7.76. The fourth-order valence-corrected chi connectivity index (χ4v) is 4.81. The molecular formula is C20H18N4OS. The van der Waals surface area contributed by atoms with Gasteiger partial charge in [0, 0.05) is 18.4 Å². The van der Waals surface area contributed by atoms with Crippen molar-refractivity contribution in [1.29, 1.82) is 0 Å². The van der Waals surface area contributed by atoms with Crippen LogP contribution in [0.4, 0.5) is 0 Å². The molecule has 5 nitrogen and oxygen atoms in total. The molecule has 0 saturated carbocycles. The Kier molecular flexibility index (Phi) is 3.53. The van der Waals surface area contributed by atoms with Crippen LogP contribution in [0.5, 0.6) is 0 Å². The lowest BCUT2D eigenvalue weighted by atomic mass is 10.2. The average Bonchev–Trinajstić information content (AvgIpc) is 3.37. The van der Waals surface area contributed by atoms with Gasteiger partial charge in [-0.2, -0.15) is 0 Å². The molecule has 0 bridgehead atoms. The Labute approximate surface area is 154 Å². The monoisotopic (exact) mass is 362 g/mol. The highest BCUT2D eigenvalue weighted by Gasteiger charge is 2.33. The van der Waals surface area contributed by atoms with Gasteiger partial charge in [0.15, 0.2) is 0 Å². The minimum absolute atomic E-state index is 0.00476.